The smallest absolute Gasteiger partial charge is 0.279 e. The van der Waals surface area contributed by atoms with E-state index in [1.165, 1.54) is 17.1 Å². The van der Waals surface area contributed by atoms with Gasteiger partial charge in [-0.25, -0.2) is 9.71 Å². The molecule has 0 atom stereocenters. The lowest BCUT2D eigenvalue weighted by molar-refractivity contribution is 0.442. The molecule has 0 spiro atoms. The van der Waals surface area contributed by atoms with Crippen molar-refractivity contribution < 1.29 is 8.42 Å². The van der Waals surface area contributed by atoms with Crippen molar-refractivity contribution in [2.45, 2.75) is 38.3 Å². The van der Waals surface area contributed by atoms with E-state index in [0.29, 0.717) is 19.1 Å². The number of nitrogens with one attached hydrogen (secondary N) is 2. The fourth-order valence-electron chi connectivity index (χ4n) is 2.01. The molecule has 0 aliphatic heterocycles. The average molecular weight is 315 g/mol. The Morgan fingerprint density at radius 2 is 2.14 bits per heavy atom. The Kier molecular flexibility index (Phi) is 6.16. The zero-order valence-corrected chi connectivity index (χ0v) is 13.3. The summed E-state index contributed by atoms with van der Waals surface area (Å²) in [7, 11) is -1.74. The number of rotatable bonds is 11. The van der Waals surface area contributed by atoms with Gasteiger partial charge in [0.25, 0.3) is 10.2 Å². The molecule has 1 aromatic heterocycles. The van der Waals surface area contributed by atoms with Crippen LogP contribution in [0.4, 0.5) is 0 Å². The summed E-state index contributed by atoms with van der Waals surface area (Å²) in [5, 5.41) is 3.38. The first-order valence-corrected chi connectivity index (χ1v) is 8.92. The molecule has 0 saturated heterocycles. The van der Waals surface area contributed by atoms with Crippen molar-refractivity contribution in [3.8, 4) is 0 Å². The lowest BCUT2D eigenvalue weighted by Gasteiger charge is -2.17. The zero-order valence-electron chi connectivity index (χ0n) is 12.5. The highest BCUT2D eigenvalue weighted by molar-refractivity contribution is 7.87. The van der Waals surface area contributed by atoms with Crippen molar-refractivity contribution in [1.29, 1.82) is 0 Å². The average Bonchev–Trinajstić information content (AvgIpc) is 3.13. The quantitative estimate of drug-likeness (QED) is 0.571. The SMILES string of the molecule is CN(CCCNC1CC1)S(=O)(=O)NCCCn1ccnc1. The van der Waals surface area contributed by atoms with E-state index in [4.69, 9.17) is 0 Å². The third-order valence-corrected chi connectivity index (χ3v) is 5.08. The molecule has 0 unspecified atom stereocenters. The van der Waals surface area contributed by atoms with Gasteiger partial charge in [-0.2, -0.15) is 12.7 Å². The second-order valence-electron chi connectivity index (χ2n) is 5.46. The number of hydrogen-bond acceptors (Lipinski definition) is 4. The van der Waals surface area contributed by atoms with Gasteiger partial charge < -0.3 is 9.88 Å². The van der Waals surface area contributed by atoms with Gasteiger partial charge in [-0.15, -0.1) is 0 Å². The van der Waals surface area contributed by atoms with Crippen molar-refractivity contribution in [1.82, 2.24) is 23.9 Å². The lowest BCUT2D eigenvalue weighted by atomic mass is 10.4. The van der Waals surface area contributed by atoms with Crippen LogP contribution in [0.1, 0.15) is 25.7 Å². The molecule has 1 aliphatic carbocycles. The molecular formula is C13H25N5O2S. The zero-order chi connectivity index (χ0) is 15.1. The molecule has 0 bridgehead atoms. The molecule has 1 saturated carbocycles. The van der Waals surface area contributed by atoms with Crippen LogP contribution in [0.5, 0.6) is 0 Å². The van der Waals surface area contributed by atoms with E-state index in [2.05, 4.69) is 15.0 Å². The van der Waals surface area contributed by atoms with Crippen LogP contribution >= 0.6 is 0 Å². The van der Waals surface area contributed by atoms with Crippen LogP contribution in [-0.2, 0) is 16.8 Å². The van der Waals surface area contributed by atoms with Gasteiger partial charge in [-0.3, -0.25) is 0 Å². The van der Waals surface area contributed by atoms with Crippen molar-refractivity contribution in [2.75, 3.05) is 26.7 Å². The molecule has 120 valence electrons. The predicted molar refractivity (Wildman–Crippen MR) is 82.0 cm³/mol. The molecule has 1 heterocycles. The fourth-order valence-corrected chi connectivity index (χ4v) is 3.00. The van der Waals surface area contributed by atoms with Crippen LogP contribution in [0.2, 0.25) is 0 Å². The van der Waals surface area contributed by atoms with Crippen molar-refractivity contribution in [3.63, 3.8) is 0 Å². The van der Waals surface area contributed by atoms with Gasteiger partial charge in [0.1, 0.15) is 0 Å². The van der Waals surface area contributed by atoms with Gasteiger partial charge in [-0.1, -0.05) is 0 Å². The third kappa shape index (κ3) is 6.13. The number of aromatic nitrogens is 2. The predicted octanol–water partition coefficient (Wildman–Crippen LogP) is 0.182. The largest absolute Gasteiger partial charge is 0.337 e. The monoisotopic (exact) mass is 315 g/mol. The first-order chi connectivity index (χ1) is 10.1. The van der Waals surface area contributed by atoms with E-state index < -0.39 is 10.2 Å². The first kappa shape index (κ1) is 16.4. The van der Waals surface area contributed by atoms with E-state index in [9.17, 15) is 8.42 Å². The molecule has 0 radical (unpaired) electrons. The Morgan fingerprint density at radius 1 is 1.33 bits per heavy atom. The normalized spacial score (nSPS) is 15.7. The first-order valence-electron chi connectivity index (χ1n) is 7.48. The van der Waals surface area contributed by atoms with Gasteiger partial charge >= 0.3 is 0 Å². The van der Waals surface area contributed by atoms with E-state index in [1.54, 1.807) is 19.6 Å². The highest BCUT2D eigenvalue weighted by Crippen LogP contribution is 2.18. The standard InChI is InChI=1S/C13H25N5O2S/c1-17(9-2-6-15-13-4-5-13)21(19,20)16-7-3-10-18-11-8-14-12-18/h8,11-13,15-16H,2-7,9-10H2,1H3. The summed E-state index contributed by atoms with van der Waals surface area (Å²) in [5.41, 5.74) is 0. The molecule has 0 amide bonds. The summed E-state index contributed by atoms with van der Waals surface area (Å²) in [6.45, 7) is 2.62. The van der Waals surface area contributed by atoms with Gasteiger partial charge in [-0.05, 0) is 32.2 Å². The molecule has 2 rings (SSSR count). The summed E-state index contributed by atoms with van der Waals surface area (Å²) >= 11 is 0. The lowest BCUT2D eigenvalue weighted by Crippen LogP contribution is -2.40. The summed E-state index contributed by atoms with van der Waals surface area (Å²) in [6, 6.07) is 0.674. The number of nitrogens with zero attached hydrogens (tertiary/aromatic N) is 3. The van der Waals surface area contributed by atoms with Crippen LogP contribution in [-0.4, -0.2) is 55.0 Å². The molecule has 8 heteroatoms. The number of hydrogen-bond donors (Lipinski definition) is 2. The topological polar surface area (TPSA) is 79.3 Å². The highest BCUT2D eigenvalue weighted by atomic mass is 32.2. The molecule has 1 fully saturated rings. The summed E-state index contributed by atoms with van der Waals surface area (Å²) in [5.74, 6) is 0. The third-order valence-electron chi connectivity index (χ3n) is 3.51. The van der Waals surface area contributed by atoms with Crippen LogP contribution in [0.25, 0.3) is 0 Å². The molecule has 1 aliphatic rings. The van der Waals surface area contributed by atoms with Crippen molar-refractivity contribution >= 4 is 10.2 Å². The molecule has 1 aromatic rings. The van der Waals surface area contributed by atoms with Gasteiger partial charge in [0.15, 0.2) is 0 Å². The number of aryl methyl sites for hydroxylation is 1. The maximum Gasteiger partial charge on any atom is 0.279 e. The van der Waals surface area contributed by atoms with Gasteiger partial charge in [0.05, 0.1) is 6.33 Å². The summed E-state index contributed by atoms with van der Waals surface area (Å²) in [6.07, 6.45) is 9.41. The minimum atomic E-state index is -3.36. The van der Waals surface area contributed by atoms with Crippen LogP contribution in [0.15, 0.2) is 18.7 Å². The van der Waals surface area contributed by atoms with Crippen molar-refractivity contribution in [2.24, 2.45) is 0 Å². The molecule has 7 nitrogen and oxygen atoms in total. The fraction of sp³-hybridized carbons (Fsp3) is 0.769. The Bertz CT molecular complexity index is 499. The Balaban J connectivity index is 1.57. The van der Waals surface area contributed by atoms with Crippen LogP contribution in [0, 0.1) is 0 Å². The molecule has 2 N–H and O–H groups in total. The minimum absolute atomic E-state index is 0.436. The Labute approximate surface area is 126 Å². The van der Waals surface area contributed by atoms with Crippen LogP contribution < -0.4 is 10.0 Å². The molecule has 0 aromatic carbocycles. The Hall–Kier alpha value is -0.960. The summed E-state index contributed by atoms with van der Waals surface area (Å²) < 4.78 is 30.0. The van der Waals surface area contributed by atoms with E-state index in [-0.39, 0.29) is 0 Å². The second-order valence-corrected chi connectivity index (χ2v) is 7.32. The molecular weight excluding hydrogens is 290 g/mol. The molecule has 21 heavy (non-hydrogen) atoms. The van der Waals surface area contributed by atoms with Gasteiger partial charge in [0, 0.05) is 45.1 Å². The van der Waals surface area contributed by atoms with Gasteiger partial charge in [0.2, 0.25) is 0 Å². The maximum absolute atomic E-state index is 12.0. The second kappa shape index (κ2) is 7.88. The van der Waals surface area contributed by atoms with Crippen LogP contribution in [0.3, 0.4) is 0 Å². The van der Waals surface area contributed by atoms with E-state index in [0.717, 1.165) is 25.9 Å². The maximum atomic E-state index is 12.0. The van der Waals surface area contributed by atoms with Crippen molar-refractivity contribution in [3.05, 3.63) is 18.7 Å². The van der Waals surface area contributed by atoms with E-state index in [1.807, 2.05) is 10.8 Å². The summed E-state index contributed by atoms with van der Waals surface area (Å²) in [4.78, 5) is 3.95. The minimum Gasteiger partial charge on any atom is -0.337 e. The number of imidazole rings is 1. The highest BCUT2D eigenvalue weighted by Gasteiger charge is 2.20. The Morgan fingerprint density at radius 3 is 2.81 bits per heavy atom. The van der Waals surface area contributed by atoms with E-state index >= 15 is 0 Å².